The molecule has 2 aromatic heterocycles. The van der Waals surface area contributed by atoms with Crippen LogP contribution < -0.4 is 5.32 Å². The van der Waals surface area contributed by atoms with Gasteiger partial charge < -0.3 is 10.4 Å². The lowest BCUT2D eigenvalue weighted by Crippen LogP contribution is -2.07. The molecule has 2 heterocycles. The molecule has 0 spiro atoms. The predicted octanol–water partition coefficient (Wildman–Crippen LogP) is 2.13. The molecule has 102 valence electrons. The van der Waals surface area contributed by atoms with Gasteiger partial charge in [0.2, 0.25) is 0 Å². The van der Waals surface area contributed by atoms with Crippen LogP contribution in [0.4, 0.5) is 5.82 Å². The standard InChI is InChI=1S/C13H18N4O2/c1-9(2)10-8-11-13(14-5-3-4-12(18)19)15-6-7-17(11)16-10/h6-9H,3-5H2,1-2H3,(H,14,15)(H,18,19). The molecule has 0 saturated carbocycles. The van der Waals surface area contributed by atoms with Crippen LogP contribution in [0.1, 0.15) is 38.3 Å². The van der Waals surface area contributed by atoms with Crippen molar-refractivity contribution in [2.24, 2.45) is 0 Å². The number of carboxylic acid groups (broad SMARTS) is 1. The molecule has 0 aliphatic carbocycles. The van der Waals surface area contributed by atoms with Gasteiger partial charge in [0.25, 0.3) is 0 Å². The Bertz CT molecular complexity index is 577. The quantitative estimate of drug-likeness (QED) is 0.779. The van der Waals surface area contributed by atoms with E-state index in [9.17, 15) is 4.79 Å². The summed E-state index contributed by atoms with van der Waals surface area (Å²) in [4.78, 5) is 14.7. The van der Waals surface area contributed by atoms with Crippen molar-refractivity contribution in [3.05, 3.63) is 24.2 Å². The molecule has 0 aliphatic rings. The number of hydrogen-bond donors (Lipinski definition) is 2. The van der Waals surface area contributed by atoms with Crippen LogP contribution in [0.15, 0.2) is 18.5 Å². The van der Waals surface area contributed by atoms with E-state index in [1.165, 1.54) is 0 Å². The zero-order valence-electron chi connectivity index (χ0n) is 11.1. The maximum atomic E-state index is 10.4. The minimum Gasteiger partial charge on any atom is -0.481 e. The van der Waals surface area contributed by atoms with E-state index in [1.54, 1.807) is 10.7 Å². The molecule has 2 N–H and O–H groups in total. The number of carboxylic acids is 1. The van der Waals surface area contributed by atoms with Gasteiger partial charge in [-0.3, -0.25) is 4.79 Å². The van der Waals surface area contributed by atoms with Crippen LogP contribution in [0.25, 0.3) is 5.52 Å². The van der Waals surface area contributed by atoms with Gasteiger partial charge in [0, 0.05) is 25.4 Å². The van der Waals surface area contributed by atoms with E-state index in [1.807, 2.05) is 12.3 Å². The molecule has 0 unspecified atom stereocenters. The second-order valence-corrected chi connectivity index (χ2v) is 4.75. The van der Waals surface area contributed by atoms with Crippen molar-refractivity contribution < 1.29 is 9.90 Å². The number of aromatic nitrogens is 3. The molecule has 2 rings (SSSR count). The monoisotopic (exact) mass is 262 g/mol. The van der Waals surface area contributed by atoms with Crippen LogP contribution in [-0.2, 0) is 4.79 Å². The van der Waals surface area contributed by atoms with Gasteiger partial charge in [-0.05, 0) is 18.4 Å². The Hall–Kier alpha value is -2.11. The smallest absolute Gasteiger partial charge is 0.303 e. The number of anilines is 1. The van der Waals surface area contributed by atoms with Crippen molar-refractivity contribution in [3.8, 4) is 0 Å². The number of rotatable bonds is 6. The SMILES string of the molecule is CC(C)c1cc2c(NCCCC(=O)O)nccn2n1. The first-order valence-corrected chi connectivity index (χ1v) is 6.38. The molecule has 6 nitrogen and oxygen atoms in total. The van der Waals surface area contributed by atoms with Gasteiger partial charge in [-0.1, -0.05) is 13.8 Å². The molecule has 0 radical (unpaired) electrons. The van der Waals surface area contributed by atoms with Crippen LogP contribution in [0.3, 0.4) is 0 Å². The molecule has 0 saturated heterocycles. The highest BCUT2D eigenvalue weighted by molar-refractivity contribution is 5.68. The zero-order chi connectivity index (χ0) is 13.8. The molecule has 0 atom stereocenters. The van der Waals surface area contributed by atoms with Gasteiger partial charge in [-0.2, -0.15) is 5.10 Å². The summed E-state index contributed by atoms with van der Waals surface area (Å²) < 4.78 is 1.79. The van der Waals surface area contributed by atoms with E-state index in [-0.39, 0.29) is 6.42 Å². The van der Waals surface area contributed by atoms with E-state index in [2.05, 4.69) is 29.2 Å². The Labute approximate surface area is 111 Å². The van der Waals surface area contributed by atoms with E-state index in [0.717, 1.165) is 17.0 Å². The van der Waals surface area contributed by atoms with E-state index in [4.69, 9.17) is 5.11 Å². The van der Waals surface area contributed by atoms with Crippen LogP contribution in [0.5, 0.6) is 0 Å². The van der Waals surface area contributed by atoms with Gasteiger partial charge in [-0.15, -0.1) is 0 Å². The van der Waals surface area contributed by atoms with Crippen molar-refractivity contribution >= 4 is 17.3 Å². The van der Waals surface area contributed by atoms with E-state index < -0.39 is 5.97 Å². The Morgan fingerprint density at radius 3 is 3.00 bits per heavy atom. The number of fused-ring (bicyclic) bond motifs is 1. The molecule has 2 aromatic rings. The molecule has 6 heteroatoms. The predicted molar refractivity (Wildman–Crippen MR) is 72.4 cm³/mol. The van der Waals surface area contributed by atoms with Crippen molar-refractivity contribution in [2.45, 2.75) is 32.6 Å². The Balaban J connectivity index is 2.12. The normalized spacial score (nSPS) is 11.1. The van der Waals surface area contributed by atoms with Gasteiger partial charge >= 0.3 is 5.97 Å². The van der Waals surface area contributed by atoms with Gasteiger partial charge in [0.1, 0.15) is 5.52 Å². The highest BCUT2D eigenvalue weighted by atomic mass is 16.4. The summed E-state index contributed by atoms with van der Waals surface area (Å²) in [5.41, 5.74) is 1.93. The van der Waals surface area contributed by atoms with Crippen LogP contribution in [0, 0.1) is 0 Å². The summed E-state index contributed by atoms with van der Waals surface area (Å²) in [7, 11) is 0. The van der Waals surface area contributed by atoms with E-state index in [0.29, 0.717) is 18.9 Å². The van der Waals surface area contributed by atoms with Gasteiger partial charge in [0.05, 0.1) is 5.69 Å². The molecule has 0 amide bonds. The van der Waals surface area contributed by atoms with Crippen molar-refractivity contribution in [2.75, 3.05) is 11.9 Å². The number of nitrogens with zero attached hydrogens (tertiary/aromatic N) is 3. The fraction of sp³-hybridized carbons (Fsp3) is 0.462. The molecular formula is C13H18N4O2. The van der Waals surface area contributed by atoms with Crippen molar-refractivity contribution in [1.82, 2.24) is 14.6 Å². The number of nitrogens with one attached hydrogen (secondary N) is 1. The first-order chi connectivity index (χ1) is 9.08. The summed E-state index contributed by atoms with van der Waals surface area (Å²) in [6.45, 7) is 4.77. The first kappa shape index (κ1) is 13.3. The maximum absolute atomic E-state index is 10.4. The lowest BCUT2D eigenvalue weighted by molar-refractivity contribution is -0.137. The summed E-state index contributed by atoms with van der Waals surface area (Å²) in [5.74, 6) is 0.325. The molecule has 0 aliphatic heterocycles. The number of carbonyl (C=O) groups is 1. The lowest BCUT2D eigenvalue weighted by Gasteiger charge is -2.05. The molecular weight excluding hydrogens is 244 g/mol. The Morgan fingerprint density at radius 2 is 2.32 bits per heavy atom. The maximum Gasteiger partial charge on any atom is 0.303 e. The summed E-state index contributed by atoms with van der Waals surface area (Å²) in [6.07, 6.45) is 4.23. The highest BCUT2D eigenvalue weighted by Crippen LogP contribution is 2.19. The van der Waals surface area contributed by atoms with Crippen molar-refractivity contribution in [1.29, 1.82) is 0 Å². The average Bonchev–Trinajstić information content (AvgIpc) is 2.79. The highest BCUT2D eigenvalue weighted by Gasteiger charge is 2.09. The largest absolute Gasteiger partial charge is 0.481 e. The third kappa shape index (κ3) is 3.21. The number of hydrogen-bond acceptors (Lipinski definition) is 4. The zero-order valence-corrected chi connectivity index (χ0v) is 11.1. The van der Waals surface area contributed by atoms with E-state index >= 15 is 0 Å². The molecule has 0 bridgehead atoms. The summed E-state index contributed by atoms with van der Waals surface area (Å²) >= 11 is 0. The summed E-state index contributed by atoms with van der Waals surface area (Å²) in [5, 5.41) is 16.2. The van der Waals surface area contributed by atoms with Crippen LogP contribution >= 0.6 is 0 Å². The lowest BCUT2D eigenvalue weighted by atomic mass is 10.1. The van der Waals surface area contributed by atoms with Crippen LogP contribution in [-0.4, -0.2) is 32.2 Å². The van der Waals surface area contributed by atoms with Gasteiger partial charge in [0.15, 0.2) is 5.82 Å². The topological polar surface area (TPSA) is 79.5 Å². The summed E-state index contributed by atoms with van der Waals surface area (Å²) in [6, 6.07) is 2.01. The number of aliphatic carboxylic acids is 1. The third-order valence-corrected chi connectivity index (χ3v) is 2.86. The Morgan fingerprint density at radius 1 is 1.53 bits per heavy atom. The second kappa shape index (κ2) is 5.69. The minimum atomic E-state index is -0.778. The van der Waals surface area contributed by atoms with Gasteiger partial charge in [-0.25, -0.2) is 9.50 Å². The molecule has 0 fully saturated rings. The average molecular weight is 262 g/mol. The fourth-order valence-corrected chi connectivity index (χ4v) is 1.81. The van der Waals surface area contributed by atoms with Crippen molar-refractivity contribution in [3.63, 3.8) is 0 Å². The molecule has 19 heavy (non-hydrogen) atoms. The minimum absolute atomic E-state index is 0.159. The Kier molecular flexibility index (Phi) is 3.99. The molecule has 0 aromatic carbocycles. The fourth-order valence-electron chi connectivity index (χ4n) is 1.81. The third-order valence-electron chi connectivity index (χ3n) is 2.86. The van der Waals surface area contributed by atoms with Crippen LogP contribution in [0.2, 0.25) is 0 Å². The first-order valence-electron chi connectivity index (χ1n) is 6.38. The second-order valence-electron chi connectivity index (χ2n) is 4.75.